The van der Waals surface area contributed by atoms with Crippen LogP contribution in [0.25, 0.3) is 0 Å². The predicted octanol–water partition coefficient (Wildman–Crippen LogP) is 2.77. The van der Waals surface area contributed by atoms with Gasteiger partial charge in [0.1, 0.15) is 0 Å². The van der Waals surface area contributed by atoms with E-state index in [-0.39, 0.29) is 11.4 Å². The summed E-state index contributed by atoms with van der Waals surface area (Å²) in [6.07, 6.45) is 1.22. The van der Waals surface area contributed by atoms with Crippen molar-refractivity contribution in [2.24, 2.45) is 0 Å². The third-order valence-corrected chi connectivity index (χ3v) is 3.62. The van der Waals surface area contributed by atoms with Gasteiger partial charge in [-0.05, 0) is 32.8 Å². The summed E-state index contributed by atoms with van der Waals surface area (Å²) < 4.78 is 0.379. The number of hydrogen-bond acceptors (Lipinski definition) is 6. The molecule has 0 atom stereocenters. The number of rotatable bonds is 3. The van der Waals surface area contributed by atoms with E-state index in [1.807, 2.05) is 0 Å². The molecule has 19 heavy (non-hydrogen) atoms. The quantitative estimate of drug-likeness (QED) is 0.683. The number of halogens is 1. The van der Waals surface area contributed by atoms with Gasteiger partial charge in [-0.1, -0.05) is 0 Å². The van der Waals surface area contributed by atoms with Gasteiger partial charge < -0.3 is 10.1 Å². The second kappa shape index (κ2) is 5.41. The van der Waals surface area contributed by atoms with Crippen molar-refractivity contribution in [3.05, 3.63) is 43.5 Å². The number of thiazole rings is 1. The number of anilines is 1. The first-order chi connectivity index (χ1) is 8.97. The highest BCUT2D eigenvalue weighted by atomic mass is 79.9. The largest absolute Gasteiger partial charge is 0.364 e. The van der Waals surface area contributed by atoms with Crippen molar-refractivity contribution in [1.29, 1.82) is 0 Å². The molecule has 0 aliphatic carbocycles. The number of nitrogens with zero attached hydrogens (tertiary/aromatic N) is 3. The van der Waals surface area contributed by atoms with Gasteiger partial charge in [0.2, 0.25) is 0 Å². The standard InChI is InChI=1S/C10H7BrN4O3S/c1-5-4-19-10(13-5)14-9(16)6-2-8(15(17)18)12-3-7(6)11/h2-4H,1H3,(H,13,14,16). The fourth-order valence-corrected chi connectivity index (χ4v) is 2.36. The van der Waals surface area contributed by atoms with E-state index in [2.05, 4.69) is 31.2 Å². The van der Waals surface area contributed by atoms with E-state index in [0.29, 0.717) is 9.60 Å². The van der Waals surface area contributed by atoms with Crippen LogP contribution < -0.4 is 5.32 Å². The zero-order valence-corrected chi connectivity index (χ0v) is 12.0. The van der Waals surface area contributed by atoms with Crippen LogP contribution in [0, 0.1) is 17.0 Å². The summed E-state index contributed by atoms with van der Waals surface area (Å²) in [6.45, 7) is 1.80. The van der Waals surface area contributed by atoms with E-state index in [9.17, 15) is 14.9 Å². The number of aryl methyl sites for hydroxylation is 1. The van der Waals surface area contributed by atoms with Crippen molar-refractivity contribution in [2.45, 2.75) is 6.92 Å². The number of nitro groups is 1. The lowest BCUT2D eigenvalue weighted by Crippen LogP contribution is -2.13. The maximum atomic E-state index is 12.0. The molecule has 0 fully saturated rings. The van der Waals surface area contributed by atoms with Gasteiger partial charge in [0, 0.05) is 11.4 Å². The van der Waals surface area contributed by atoms with Crippen LogP contribution >= 0.6 is 27.3 Å². The topological polar surface area (TPSA) is 98.0 Å². The first kappa shape index (κ1) is 13.6. The molecule has 98 valence electrons. The summed E-state index contributed by atoms with van der Waals surface area (Å²) >= 11 is 4.42. The van der Waals surface area contributed by atoms with Crippen LogP contribution in [-0.2, 0) is 0 Å². The van der Waals surface area contributed by atoms with Gasteiger partial charge in [0.05, 0.1) is 15.7 Å². The third-order valence-electron chi connectivity index (χ3n) is 2.11. The third kappa shape index (κ3) is 3.12. The maximum Gasteiger partial charge on any atom is 0.364 e. The molecule has 0 saturated heterocycles. The number of pyridine rings is 1. The lowest BCUT2D eigenvalue weighted by Gasteiger charge is -2.03. The molecule has 0 radical (unpaired) electrons. The Balaban J connectivity index is 2.27. The van der Waals surface area contributed by atoms with Gasteiger partial charge in [-0.3, -0.25) is 10.1 Å². The molecule has 0 unspecified atom stereocenters. The monoisotopic (exact) mass is 342 g/mol. The van der Waals surface area contributed by atoms with Crippen LogP contribution in [0.1, 0.15) is 16.1 Å². The minimum atomic E-state index is -0.656. The van der Waals surface area contributed by atoms with Crippen LogP contribution in [0.2, 0.25) is 0 Å². The van der Waals surface area contributed by atoms with E-state index >= 15 is 0 Å². The molecule has 2 rings (SSSR count). The summed E-state index contributed by atoms with van der Waals surface area (Å²) in [5, 5.41) is 15.4. The Bertz CT molecular complexity index is 658. The number of hydrogen-bond donors (Lipinski definition) is 1. The zero-order valence-electron chi connectivity index (χ0n) is 9.58. The van der Waals surface area contributed by atoms with Crippen molar-refractivity contribution < 1.29 is 9.72 Å². The minimum absolute atomic E-state index is 0.134. The molecule has 0 saturated carbocycles. The number of amides is 1. The number of nitrogens with one attached hydrogen (secondary N) is 1. The molecular weight excluding hydrogens is 336 g/mol. The van der Waals surface area contributed by atoms with Crippen LogP contribution in [0.5, 0.6) is 0 Å². The minimum Gasteiger partial charge on any atom is -0.358 e. The number of aromatic nitrogens is 2. The highest BCUT2D eigenvalue weighted by molar-refractivity contribution is 9.10. The van der Waals surface area contributed by atoms with Gasteiger partial charge in [0.15, 0.2) is 11.3 Å². The molecular formula is C10H7BrN4O3S. The Kier molecular flexibility index (Phi) is 3.86. The van der Waals surface area contributed by atoms with E-state index in [0.717, 1.165) is 11.8 Å². The lowest BCUT2D eigenvalue weighted by atomic mass is 10.2. The fourth-order valence-electron chi connectivity index (χ4n) is 1.28. The van der Waals surface area contributed by atoms with Crippen molar-refractivity contribution in [3.63, 3.8) is 0 Å². The lowest BCUT2D eigenvalue weighted by molar-refractivity contribution is -0.389. The molecule has 1 amide bonds. The average Bonchev–Trinajstić information content (AvgIpc) is 2.74. The average molecular weight is 343 g/mol. The molecule has 0 bridgehead atoms. The molecule has 9 heteroatoms. The summed E-state index contributed by atoms with van der Waals surface area (Å²) in [5.74, 6) is -0.865. The van der Waals surface area contributed by atoms with Crippen LogP contribution in [-0.4, -0.2) is 20.8 Å². The van der Waals surface area contributed by atoms with Crippen LogP contribution in [0.4, 0.5) is 10.9 Å². The van der Waals surface area contributed by atoms with Gasteiger partial charge in [-0.15, -0.1) is 11.3 Å². The number of carbonyl (C=O) groups excluding carboxylic acids is 1. The van der Waals surface area contributed by atoms with E-state index in [1.165, 1.54) is 17.5 Å². The molecule has 2 aromatic heterocycles. The van der Waals surface area contributed by atoms with Gasteiger partial charge in [-0.25, -0.2) is 4.98 Å². The Morgan fingerprint density at radius 2 is 2.32 bits per heavy atom. The van der Waals surface area contributed by atoms with Crippen molar-refractivity contribution in [2.75, 3.05) is 5.32 Å². The molecule has 0 aliphatic rings. The molecule has 7 nitrogen and oxygen atoms in total. The van der Waals surface area contributed by atoms with E-state index in [1.54, 1.807) is 12.3 Å². The highest BCUT2D eigenvalue weighted by Gasteiger charge is 2.18. The van der Waals surface area contributed by atoms with Crippen molar-refractivity contribution in [3.8, 4) is 0 Å². The second-order valence-corrected chi connectivity index (χ2v) is 5.24. The van der Waals surface area contributed by atoms with Crippen molar-refractivity contribution >= 4 is 44.1 Å². The smallest absolute Gasteiger partial charge is 0.358 e. The SMILES string of the molecule is Cc1csc(NC(=O)c2cc([N+](=O)[O-])ncc2Br)n1. The van der Waals surface area contributed by atoms with Crippen molar-refractivity contribution in [1.82, 2.24) is 9.97 Å². The normalized spacial score (nSPS) is 10.2. The zero-order chi connectivity index (χ0) is 14.0. The van der Waals surface area contributed by atoms with E-state index in [4.69, 9.17) is 0 Å². The van der Waals surface area contributed by atoms with E-state index < -0.39 is 10.8 Å². The predicted molar refractivity (Wildman–Crippen MR) is 73.4 cm³/mol. The summed E-state index contributed by atoms with van der Waals surface area (Å²) in [4.78, 5) is 29.7. The van der Waals surface area contributed by atoms with Gasteiger partial charge >= 0.3 is 5.82 Å². The van der Waals surface area contributed by atoms with Gasteiger partial charge in [-0.2, -0.15) is 0 Å². The summed E-state index contributed by atoms with van der Waals surface area (Å²) in [5.41, 5.74) is 0.926. The molecule has 0 spiro atoms. The molecule has 2 heterocycles. The maximum absolute atomic E-state index is 12.0. The Labute approximate surface area is 120 Å². The highest BCUT2D eigenvalue weighted by Crippen LogP contribution is 2.22. The van der Waals surface area contributed by atoms with Gasteiger partial charge in [0.25, 0.3) is 5.91 Å². The summed E-state index contributed by atoms with van der Waals surface area (Å²) in [7, 11) is 0. The second-order valence-electron chi connectivity index (χ2n) is 3.53. The first-order valence-corrected chi connectivity index (χ1v) is 6.68. The molecule has 1 N–H and O–H groups in total. The van der Waals surface area contributed by atoms with Crippen LogP contribution in [0.15, 0.2) is 22.1 Å². The first-order valence-electron chi connectivity index (χ1n) is 5.01. The molecule has 0 aliphatic heterocycles. The fraction of sp³-hybridized carbons (Fsp3) is 0.100. The van der Waals surface area contributed by atoms with Crippen LogP contribution in [0.3, 0.4) is 0 Å². The number of carbonyl (C=O) groups is 1. The molecule has 0 aromatic carbocycles. The Morgan fingerprint density at radius 1 is 1.58 bits per heavy atom. The molecule has 2 aromatic rings. The summed E-state index contributed by atoms with van der Waals surface area (Å²) in [6, 6.07) is 1.11. The Morgan fingerprint density at radius 3 is 2.89 bits per heavy atom. The Hall–Kier alpha value is -1.87.